The summed E-state index contributed by atoms with van der Waals surface area (Å²) in [5, 5.41) is 11.5. The molecule has 2 aromatic carbocycles. The van der Waals surface area contributed by atoms with Crippen molar-refractivity contribution in [2.24, 2.45) is 5.41 Å². The molecule has 0 fully saturated rings. The maximum Gasteiger partial charge on any atom is 0.336 e. The molecule has 1 atom stereocenters. The lowest BCUT2D eigenvalue weighted by molar-refractivity contribution is -0.385. The molecule has 10 heteroatoms. The number of non-ortho nitro benzene ring substituents is 1. The fourth-order valence-corrected chi connectivity index (χ4v) is 5.06. The summed E-state index contributed by atoms with van der Waals surface area (Å²) in [6.45, 7) is 8.62. The van der Waals surface area contributed by atoms with Gasteiger partial charge in [0.25, 0.3) is 5.69 Å². The molecule has 0 N–H and O–H groups in total. The van der Waals surface area contributed by atoms with Gasteiger partial charge in [-0.25, -0.2) is 14.0 Å². The van der Waals surface area contributed by atoms with Gasteiger partial charge in [-0.3, -0.25) is 10.1 Å². The molecule has 1 aliphatic heterocycles. The molecule has 1 aliphatic rings. The number of ether oxygens (including phenoxy) is 2. The molecular weight excluding hydrogens is 517 g/mol. The molecule has 1 heterocycles. The normalized spacial score (nSPS) is 15.9. The number of nitrogens with zero attached hydrogens (tertiary/aromatic N) is 3. The van der Waals surface area contributed by atoms with Gasteiger partial charge in [0.15, 0.2) is 0 Å². The summed E-state index contributed by atoms with van der Waals surface area (Å²) in [6, 6.07) is 13.0. The standard InChI is InChI=1S/C30H36FN3O6/c1-19-25(28(35)39-7)27(23-15-22(34(37)38)13-14-24(23)31)26(20(2)33(19)6)29(36)40-18-30(3,4)17-32(5)16-21-11-9-8-10-12-21/h8-15,27H,16-18H2,1-7H3. The minimum atomic E-state index is -1.26. The Morgan fingerprint density at radius 2 is 1.68 bits per heavy atom. The van der Waals surface area contributed by atoms with E-state index in [1.54, 1.807) is 25.8 Å². The van der Waals surface area contributed by atoms with Crippen LogP contribution in [0.4, 0.5) is 10.1 Å². The van der Waals surface area contributed by atoms with Crippen LogP contribution < -0.4 is 0 Å². The van der Waals surface area contributed by atoms with Gasteiger partial charge in [-0.15, -0.1) is 0 Å². The summed E-state index contributed by atoms with van der Waals surface area (Å²) in [5.41, 5.74) is 1.04. The van der Waals surface area contributed by atoms with Gasteiger partial charge in [0, 0.05) is 54.6 Å². The van der Waals surface area contributed by atoms with Gasteiger partial charge in [-0.2, -0.15) is 0 Å². The number of hydrogen-bond acceptors (Lipinski definition) is 8. The molecule has 0 saturated heterocycles. The maximum absolute atomic E-state index is 15.3. The van der Waals surface area contributed by atoms with E-state index >= 15 is 4.39 Å². The Morgan fingerprint density at radius 3 is 2.25 bits per heavy atom. The molecular formula is C30H36FN3O6. The topological polar surface area (TPSA) is 102 Å². The van der Waals surface area contributed by atoms with Crippen LogP contribution in [0.5, 0.6) is 0 Å². The van der Waals surface area contributed by atoms with Gasteiger partial charge in [0.2, 0.25) is 0 Å². The summed E-state index contributed by atoms with van der Waals surface area (Å²) >= 11 is 0. The first-order valence-electron chi connectivity index (χ1n) is 12.8. The minimum Gasteiger partial charge on any atom is -0.466 e. The molecule has 0 amide bonds. The second-order valence-corrected chi connectivity index (χ2v) is 10.8. The van der Waals surface area contributed by atoms with Crippen LogP contribution >= 0.6 is 0 Å². The van der Waals surface area contributed by atoms with Crippen LogP contribution in [0.1, 0.15) is 44.7 Å². The first kappa shape index (κ1) is 30.5. The van der Waals surface area contributed by atoms with Gasteiger partial charge in [-0.05, 0) is 32.5 Å². The third-order valence-electron chi connectivity index (χ3n) is 7.08. The van der Waals surface area contributed by atoms with E-state index in [1.165, 1.54) is 7.11 Å². The predicted octanol–water partition coefficient (Wildman–Crippen LogP) is 5.19. The molecule has 0 bridgehead atoms. The zero-order valence-electron chi connectivity index (χ0n) is 24.0. The SMILES string of the molecule is COC(=O)C1=C(C)N(C)C(C)=C(C(=O)OCC(C)(C)CN(C)Cc2ccccc2)C1c1cc([N+](=O)[O-])ccc1F. The summed E-state index contributed by atoms with van der Waals surface area (Å²) in [6.07, 6.45) is 0. The number of nitro groups is 1. The molecule has 3 rings (SSSR count). The number of carbonyl (C=O) groups excluding carboxylic acids is 2. The lowest BCUT2D eigenvalue weighted by Crippen LogP contribution is -2.37. The van der Waals surface area contributed by atoms with Crippen molar-refractivity contribution >= 4 is 17.6 Å². The summed E-state index contributed by atoms with van der Waals surface area (Å²) in [4.78, 5) is 41.3. The molecule has 214 valence electrons. The van der Waals surface area contributed by atoms with Crippen molar-refractivity contribution in [3.63, 3.8) is 0 Å². The number of esters is 2. The van der Waals surface area contributed by atoms with Gasteiger partial charge < -0.3 is 19.3 Å². The molecule has 0 aromatic heterocycles. The van der Waals surface area contributed by atoms with Crippen LogP contribution in [0.25, 0.3) is 0 Å². The fraction of sp³-hybridized carbons (Fsp3) is 0.400. The van der Waals surface area contributed by atoms with Crippen LogP contribution in [0, 0.1) is 21.3 Å². The van der Waals surface area contributed by atoms with Crippen molar-refractivity contribution in [3.05, 3.63) is 98.1 Å². The average molecular weight is 554 g/mol. The smallest absolute Gasteiger partial charge is 0.336 e. The Bertz CT molecular complexity index is 1350. The number of allylic oxidation sites excluding steroid dienone is 2. The van der Waals surface area contributed by atoms with Crippen molar-refractivity contribution in [1.82, 2.24) is 9.80 Å². The Labute approximate surface area is 234 Å². The molecule has 0 spiro atoms. The van der Waals surface area contributed by atoms with Crippen molar-refractivity contribution in [2.45, 2.75) is 40.2 Å². The highest BCUT2D eigenvalue weighted by molar-refractivity contribution is 6.00. The second-order valence-electron chi connectivity index (χ2n) is 10.8. The number of halogens is 1. The summed E-state index contributed by atoms with van der Waals surface area (Å²) in [5.74, 6) is -3.58. The molecule has 0 aliphatic carbocycles. The van der Waals surface area contributed by atoms with E-state index in [2.05, 4.69) is 4.90 Å². The number of benzene rings is 2. The first-order valence-corrected chi connectivity index (χ1v) is 12.8. The summed E-state index contributed by atoms with van der Waals surface area (Å²) in [7, 11) is 4.83. The molecule has 2 aromatic rings. The van der Waals surface area contributed by atoms with Crippen LogP contribution in [0.2, 0.25) is 0 Å². The zero-order chi connectivity index (χ0) is 29.8. The van der Waals surface area contributed by atoms with Crippen LogP contribution in [-0.2, 0) is 25.6 Å². The van der Waals surface area contributed by atoms with E-state index in [1.807, 2.05) is 51.2 Å². The lowest BCUT2D eigenvalue weighted by Gasteiger charge is -2.36. The van der Waals surface area contributed by atoms with Gasteiger partial charge in [-0.1, -0.05) is 44.2 Å². The van der Waals surface area contributed by atoms with Gasteiger partial charge in [0.05, 0.1) is 35.7 Å². The highest BCUT2D eigenvalue weighted by atomic mass is 19.1. The van der Waals surface area contributed by atoms with Crippen molar-refractivity contribution in [3.8, 4) is 0 Å². The minimum absolute atomic E-state index is 0.00352. The van der Waals surface area contributed by atoms with E-state index in [4.69, 9.17) is 9.47 Å². The molecule has 9 nitrogen and oxygen atoms in total. The van der Waals surface area contributed by atoms with Crippen molar-refractivity contribution < 1.29 is 28.4 Å². The van der Waals surface area contributed by atoms with E-state index in [0.29, 0.717) is 24.5 Å². The van der Waals surface area contributed by atoms with E-state index < -0.39 is 34.0 Å². The predicted molar refractivity (Wildman–Crippen MR) is 148 cm³/mol. The third-order valence-corrected chi connectivity index (χ3v) is 7.08. The van der Waals surface area contributed by atoms with Crippen molar-refractivity contribution in [1.29, 1.82) is 0 Å². The van der Waals surface area contributed by atoms with E-state index in [-0.39, 0.29) is 29.0 Å². The average Bonchev–Trinajstić information content (AvgIpc) is 2.90. The van der Waals surface area contributed by atoms with E-state index in [0.717, 1.165) is 23.8 Å². The van der Waals surface area contributed by atoms with E-state index in [9.17, 15) is 19.7 Å². The third kappa shape index (κ3) is 6.74. The van der Waals surface area contributed by atoms with Crippen molar-refractivity contribution in [2.75, 3.05) is 34.4 Å². The Balaban J connectivity index is 1.94. The summed E-state index contributed by atoms with van der Waals surface area (Å²) < 4.78 is 26.0. The second kappa shape index (κ2) is 12.4. The quantitative estimate of drug-likeness (QED) is 0.225. The lowest BCUT2D eigenvalue weighted by atomic mass is 9.79. The number of methoxy groups -OCH3 is 1. The monoisotopic (exact) mass is 553 g/mol. The van der Waals surface area contributed by atoms with Gasteiger partial charge in [0.1, 0.15) is 5.82 Å². The largest absolute Gasteiger partial charge is 0.466 e. The highest BCUT2D eigenvalue weighted by Crippen LogP contribution is 2.44. The highest BCUT2D eigenvalue weighted by Gasteiger charge is 2.41. The number of hydrogen-bond donors (Lipinski definition) is 0. The number of carbonyl (C=O) groups is 2. The molecule has 40 heavy (non-hydrogen) atoms. The maximum atomic E-state index is 15.3. The van der Waals surface area contributed by atoms with Gasteiger partial charge >= 0.3 is 11.9 Å². The first-order chi connectivity index (χ1) is 18.8. The number of rotatable bonds is 10. The molecule has 1 unspecified atom stereocenters. The fourth-order valence-electron chi connectivity index (χ4n) is 5.06. The van der Waals surface area contributed by atoms with Crippen LogP contribution in [0.3, 0.4) is 0 Å². The zero-order valence-corrected chi connectivity index (χ0v) is 24.0. The van der Waals surface area contributed by atoms with Crippen LogP contribution in [0.15, 0.2) is 71.1 Å². The van der Waals surface area contributed by atoms with Crippen LogP contribution in [-0.4, -0.2) is 61.0 Å². The Hall–Kier alpha value is -4.05. The molecule has 0 saturated carbocycles. The Kier molecular flexibility index (Phi) is 9.47. The molecule has 0 radical (unpaired) electrons. The number of nitro benzene ring substituents is 1. The Morgan fingerprint density at radius 1 is 1.07 bits per heavy atom.